The number of hydrogen-bond acceptors (Lipinski definition) is 4. The minimum absolute atomic E-state index is 0.382. The van der Waals surface area contributed by atoms with Gasteiger partial charge in [-0.3, -0.25) is 0 Å². The molecule has 6 heteroatoms. The average molecular weight is 314 g/mol. The summed E-state index contributed by atoms with van der Waals surface area (Å²) in [6.07, 6.45) is 2.34. The normalized spacial score (nSPS) is 11.1. The summed E-state index contributed by atoms with van der Waals surface area (Å²) >= 11 is 6.19. The number of carboxylic acids is 1. The van der Waals surface area contributed by atoms with Crippen LogP contribution in [-0.4, -0.2) is 39.8 Å². The fourth-order valence-corrected chi connectivity index (χ4v) is 1.88. The number of halogens is 1. The molecule has 0 saturated carbocycles. The minimum Gasteiger partial charge on any atom is -0.545 e. The van der Waals surface area contributed by atoms with Crippen molar-refractivity contribution in [2.24, 2.45) is 0 Å². The molecular weight excluding hydrogens is 294 g/mol. The van der Waals surface area contributed by atoms with E-state index in [1.165, 1.54) is 11.0 Å². The number of benzene rings is 1. The van der Waals surface area contributed by atoms with Gasteiger partial charge in [-0.1, -0.05) is 17.7 Å². The van der Waals surface area contributed by atoms with Gasteiger partial charge in [0.15, 0.2) is 11.5 Å². The molecule has 0 spiro atoms. The van der Waals surface area contributed by atoms with Gasteiger partial charge in [-0.25, -0.2) is 0 Å². The number of quaternary nitrogens is 1. The van der Waals surface area contributed by atoms with E-state index in [2.05, 4.69) is 0 Å². The second-order valence-corrected chi connectivity index (χ2v) is 5.13. The Morgan fingerprint density at radius 3 is 2.67 bits per heavy atom. The molecule has 0 aliphatic rings. The molecule has 21 heavy (non-hydrogen) atoms. The summed E-state index contributed by atoms with van der Waals surface area (Å²) in [4.78, 5) is 11.7. The molecule has 116 valence electrons. The molecule has 0 heterocycles. The zero-order chi connectivity index (χ0) is 15.8. The molecule has 0 saturated heterocycles. The average Bonchev–Trinajstić information content (AvgIpc) is 2.39. The number of hydrogen-bond donors (Lipinski definition) is 1. The lowest BCUT2D eigenvalue weighted by Crippen LogP contribution is -3.06. The Hall–Kier alpha value is -1.72. The highest BCUT2D eigenvalue weighted by atomic mass is 35.5. The highest BCUT2D eigenvalue weighted by molar-refractivity contribution is 6.32. The van der Waals surface area contributed by atoms with Crippen molar-refractivity contribution in [1.82, 2.24) is 0 Å². The van der Waals surface area contributed by atoms with Gasteiger partial charge in [-0.15, -0.1) is 0 Å². The molecule has 0 amide bonds. The highest BCUT2D eigenvalue weighted by Crippen LogP contribution is 2.37. The van der Waals surface area contributed by atoms with Crippen LogP contribution in [0.4, 0.5) is 0 Å². The van der Waals surface area contributed by atoms with E-state index in [4.69, 9.17) is 21.1 Å². The molecule has 1 N–H and O–H groups in total. The Kier molecular flexibility index (Phi) is 7.05. The summed E-state index contributed by atoms with van der Waals surface area (Å²) in [6.45, 7) is 3.65. The number of rotatable bonds is 8. The van der Waals surface area contributed by atoms with Crippen molar-refractivity contribution in [3.05, 3.63) is 28.8 Å². The predicted molar refractivity (Wildman–Crippen MR) is 79.8 cm³/mol. The molecule has 1 rings (SSSR count). The quantitative estimate of drug-likeness (QED) is 0.688. The van der Waals surface area contributed by atoms with Crippen LogP contribution >= 0.6 is 11.6 Å². The van der Waals surface area contributed by atoms with Crippen molar-refractivity contribution >= 4 is 23.6 Å². The summed E-state index contributed by atoms with van der Waals surface area (Å²) in [5.74, 6) is -0.291. The summed E-state index contributed by atoms with van der Waals surface area (Å²) < 4.78 is 11.2. The van der Waals surface area contributed by atoms with Crippen molar-refractivity contribution in [2.45, 2.75) is 6.92 Å². The van der Waals surface area contributed by atoms with Crippen LogP contribution < -0.4 is 19.5 Å². The number of carbonyl (C=O) groups is 1. The molecule has 0 atom stereocenters. The standard InChI is InChI=1S/C15H20ClNO4/c1-4-20-13-10-11(5-6-14(18)19)9-12(16)15(13)21-8-7-17(2)3/h5-6,9-10H,4,7-8H2,1-3H3,(H,18,19)/b6-5+. The van der Waals surface area contributed by atoms with E-state index < -0.39 is 5.97 Å². The zero-order valence-electron chi connectivity index (χ0n) is 12.4. The zero-order valence-corrected chi connectivity index (χ0v) is 13.2. The molecule has 5 nitrogen and oxygen atoms in total. The van der Waals surface area contributed by atoms with Gasteiger partial charge in [0.1, 0.15) is 13.2 Å². The van der Waals surface area contributed by atoms with Crippen molar-refractivity contribution in [2.75, 3.05) is 33.9 Å². The third-order valence-electron chi connectivity index (χ3n) is 2.59. The maximum Gasteiger partial charge on any atom is 0.180 e. The van der Waals surface area contributed by atoms with Gasteiger partial charge in [-0.05, 0) is 30.7 Å². The van der Waals surface area contributed by atoms with Crippen LogP contribution in [0.5, 0.6) is 11.5 Å². The number of aliphatic carboxylic acids is 1. The number of carbonyl (C=O) groups excluding carboxylic acids is 1. The van der Waals surface area contributed by atoms with Gasteiger partial charge in [0.25, 0.3) is 0 Å². The van der Waals surface area contributed by atoms with Gasteiger partial charge in [0.2, 0.25) is 0 Å². The van der Waals surface area contributed by atoms with Crippen LogP contribution in [0.1, 0.15) is 12.5 Å². The molecule has 0 fully saturated rings. The summed E-state index contributed by atoms with van der Waals surface area (Å²) in [5, 5.41) is 10.8. The van der Waals surface area contributed by atoms with Crippen LogP contribution in [0.2, 0.25) is 5.02 Å². The molecule has 0 aliphatic heterocycles. The first-order chi connectivity index (χ1) is 9.93. The monoisotopic (exact) mass is 313 g/mol. The van der Waals surface area contributed by atoms with Crippen molar-refractivity contribution in [1.29, 1.82) is 0 Å². The Morgan fingerprint density at radius 2 is 2.10 bits per heavy atom. The fourth-order valence-electron chi connectivity index (χ4n) is 1.61. The second-order valence-electron chi connectivity index (χ2n) is 4.72. The third kappa shape index (κ3) is 6.06. The fraction of sp³-hybridized carbons (Fsp3) is 0.400. The number of likely N-dealkylation sites (N-methyl/N-ethyl adjacent to an activating group) is 1. The van der Waals surface area contributed by atoms with E-state index in [1.807, 2.05) is 21.0 Å². The molecule has 1 aromatic rings. The molecule has 0 aliphatic carbocycles. The van der Waals surface area contributed by atoms with E-state index in [1.54, 1.807) is 12.1 Å². The van der Waals surface area contributed by atoms with E-state index in [9.17, 15) is 9.90 Å². The van der Waals surface area contributed by atoms with Gasteiger partial charge in [-0.2, -0.15) is 0 Å². The topological polar surface area (TPSA) is 63.0 Å². The molecule has 0 bridgehead atoms. The predicted octanol–water partition coefficient (Wildman–Crippen LogP) is 0.0251. The van der Waals surface area contributed by atoms with Gasteiger partial charge in [0.05, 0.1) is 31.7 Å². The van der Waals surface area contributed by atoms with E-state index in [0.717, 1.165) is 12.6 Å². The number of ether oxygens (including phenoxy) is 2. The maximum absolute atomic E-state index is 10.5. The molecule has 1 aromatic carbocycles. The van der Waals surface area contributed by atoms with Crippen LogP contribution in [0.25, 0.3) is 6.08 Å². The van der Waals surface area contributed by atoms with Crippen LogP contribution in [0, 0.1) is 0 Å². The van der Waals surface area contributed by atoms with E-state index in [0.29, 0.717) is 35.3 Å². The Morgan fingerprint density at radius 1 is 1.38 bits per heavy atom. The lowest BCUT2D eigenvalue weighted by Gasteiger charge is -2.15. The number of nitrogens with one attached hydrogen (secondary N) is 1. The first kappa shape index (κ1) is 17.3. The molecule has 0 radical (unpaired) electrons. The van der Waals surface area contributed by atoms with Crippen LogP contribution in [0.3, 0.4) is 0 Å². The molecule has 0 unspecified atom stereocenters. The lowest BCUT2D eigenvalue weighted by atomic mass is 10.2. The molecule has 0 aromatic heterocycles. The minimum atomic E-state index is -1.27. The van der Waals surface area contributed by atoms with Crippen molar-refractivity contribution < 1.29 is 24.3 Å². The summed E-state index contributed by atoms with van der Waals surface area (Å²) in [5.41, 5.74) is 0.609. The summed E-state index contributed by atoms with van der Waals surface area (Å²) in [7, 11) is 4.06. The molecular formula is C15H20ClNO4. The third-order valence-corrected chi connectivity index (χ3v) is 2.87. The van der Waals surface area contributed by atoms with Gasteiger partial charge in [0, 0.05) is 0 Å². The highest BCUT2D eigenvalue weighted by Gasteiger charge is 2.12. The van der Waals surface area contributed by atoms with Crippen molar-refractivity contribution in [3.63, 3.8) is 0 Å². The largest absolute Gasteiger partial charge is 0.545 e. The Bertz CT molecular complexity index is 515. The van der Waals surface area contributed by atoms with Crippen LogP contribution in [0.15, 0.2) is 18.2 Å². The Balaban J connectivity index is 2.98. The van der Waals surface area contributed by atoms with Gasteiger partial charge < -0.3 is 24.3 Å². The first-order valence-electron chi connectivity index (χ1n) is 6.71. The van der Waals surface area contributed by atoms with Crippen molar-refractivity contribution in [3.8, 4) is 11.5 Å². The number of carboxylic acid groups (broad SMARTS) is 1. The first-order valence-corrected chi connectivity index (χ1v) is 7.09. The SMILES string of the molecule is CCOc1cc(/C=C/C(=O)[O-])cc(Cl)c1OCC[NH+](C)C. The van der Waals surface area contributed by atoms with Gasteiger partial charge >= 0.3 is 0 Å². The lowest BCUT2D eigenvalue weighted by molar-refractivity contribution is -0.858. The van der Waals surface area contributed by atoms with Crippen LogP contribution in [-0.2, 0) is 4.79 Å². The Labute approximate surface area is 129 Å². The smallest absolute Gasteiger partial charge is 0.180 e. The summed E-state index contributed by atoms with van der Waals surface area (Å²) in [6, 6.07) is 3.31. The van der Waals surface area contributed by atoms with E-state index >= 15 is 0 Å². The maximum atomic E-state index is 10.5. The second kappa shape index (κ2) is 8.54. The van der Waals surface area contributed by atoms with E-state index in [-0.39, 0.29) is 0 Å².